The third-order valence-corrected chi connectivity index (χ3v) is 2.51. The second-order valence-corrected chi connectivity index (χ2v) is 4.11. The Morgan fingerprint density at radius 1 is 1.75 bits per heavy atom. The maximum Gasteiger partial charge on any atom is 0.241 e. The standard InChI is InChI=1S/C9H15BrN4O2/c1-16-4-2-3-12-8(15)6-14-5-7(10)9(11)13-14/h5H,2-4,6H2,1H3,(H2,11,13)(H,12,15). The minimum Gasteiger partial charge on any atom is -0.385 e. The van der Waals surface area contributed by atoms with Crippen molar-refractivity contribution in [1.29, 1.82) is 0 Å². The molecule has 0 aliphatic carbocycles. The highest BCUT2D eigenvalue weighted by molar-refractivity contribution is 9.10. The van der Waals surface area contributed by atoms with Crippen LogP contribution < -0.4 is 11.1 Å². The number of amides is 1. The Morgan fingerprint density at radius 3 is 3.06 bits per heavy atom. The summed E-state index contributed by atoms with van der Waals surface area (Å²) < 4.78 is 7.05. The van der Waals surface area contributed by atoms with E-state index in [0.717, 1.165) is 6.42 Å². The number of halogens is 1. The number of nitrogen functional groups attached to an aromatic ring is 1. The van der Waals surface area contributed by atoms with E-state index >= 15 is 0 Å². The molecule has 1 aromatic heterocycles. The summed E-state index contributed by atoms with van der Waals surface area (Å²) in [5.74, 6) is 0.290. The molecule has 0 unspecified atom stereocenters. The van der Waals surface area contributed by atoms with Gasteiger partial charge in [0.1, 0.15) is 6.54 Å². The Kier molecular flexibility index (Phi) is 5.27. The lowest BCUT2D eigenvalue weighted by atomic mass is 10.4. The van der Waals surface area contributed by atoms with Gasteiger partial charge in [-0.3, -0.25) is 9.48 Å². The minimum absolute atomic E-state index is 0.0916. The van der Waals surface area contributed by atoms with Gasteiger partial charge < -0.3 is 15.8 Å². The van der Waals surface area contributed by atoms with Gasteiger partial charge in [0.05, 0.1) is 4.47 Å². The molecule has 16 heavy (non-hydrogen) atoms. The van der Waals surface area contributed by atoms with E-state index in [9.17, 15) is 4.79 Å². The molecule has 0 spiro atoms. The number of hydrogen-bond donors (Lipinski definition) is 2. The van der Waals surface area contributed by atoms with Crippen LogP contribution in [0.15, 0.2) is 10.7 Å². The Balaban J connectivity index is 2.28. The predicted octanol–water partition coefficient (Wildman–Crippen LogP) is 0.380. The first-order valence-electron chi connectivity index (χ1n) is 4.87. The van der Waals surface area contributed by atoms with Crippen LogP contribution in [0.5, 0.6) is 0 Å². The quantitative estimate of drug-likeness (QED) is 0.742. The Hall–Kier alpha value is -1.08. The van der Waals surface area contributed by atoms with Crippen molar-refractivity contribution in [3.05, 3.63) is 10.7 Å². The smallest absolute Gasteiger partial charge is 0.241 e. The van der Waals surface area contributed by atoms with Gasteiger partial charge in [-0.2, -0.15) is 5.10 Å². The molecule has 0 saturated heterocycles. The van der Waals surface area contributed by atoms with Gasteiger partial charge in [-0.1, -0.05) is 0 Å². The van der Waals surface area contributed by atoms with Crippen molar-refractivity contribution in [2.45, 2.75) is 13.0 Å². The van der Waals surface area contributed by atoms with E-state index in [1.165, 1.54) is 4.68 Å². The van der Waals surface area contributed by atoms with Gasteiger partial charge in [0, 0.05) is 26.5 Å². The molecular formula is C9H15BrN4O2. The van der Waals surface area contributed by atoms with Crippen LogP contribution in [0.2, 0.25) is 0 Å². The Bertz CT molecular complexity index is 334. The topological polar surface area (TPSA) is 82.2 Å². The molecule has 1 aromatic rings. The first-order chi connectivity index (χ1) is 7.63. The number of nitrogens with zero attached hydrogens (tertiary/aromatic N) is 2. The molecular weight excluding hydrogens is 276 g/mol. The molecule has 1 amide bonds. The third-order valence-electron chi connectivity index (χ3n) is 1.90. The summed E-state index contributed by atoms with van der Waals surface area (Å²) in [6, 6.07) is 0. The zero-order chi connectivity index (χ0) is 12.0. The molecule has 1 heterocycles. The average Bonchev–Trinajstić information content (AvgIpc) is 2.53. The number of hydrogen-bond acceptors (Lipinski definition) is 4. The first kappa shape index (κ1) is 13.0. The summed E-state index contributed by atoms with van der Waals surface area (Å²) in [5, 5.41) is 6.72. The van der Waals surface area contributed by atoms with Gasteiger partial charge in [-0.15, -0.1) is 0 Å². The summed E-state index contributed by atoms with van der Waals surface area (Å²) >= 11 is 3.22. The van der Waals surface area contributed by atoms with Crippen LogP contribution >= 0.6 is 15.9 Å². The van der Waals surface area contributed by atoms with Crippen molar-refractivity contribution in [2.24, 2.45) is 0 Å². The molecule has 0 saturated carbocycles. The molecule has 0 aliphatic heterocycles. The largest absolute Gasteiger partial charge is 0.385 e. The van der Waals surface area contributed by atoms with Crippen molar-refractivity contribution < 1.29 is 9.53 Å². The van der Waals surface area contributed by atoms with Crippen LogP contribution in [0.1, 0.15) is 6.42 Å². The number of nitrogens with two attached hydrogens (primary N) is 1. The third kappa shape index (κ3) is 4.19. The number of anilines is 1. The van der Waals surface area contributed by atoms with Crippen molar-refractivity contribution in [3.63, 3.8) is 0 Å². The fourth-order valence-electron chi connectivity index (χ4n) is 1.14. The predicted molar refractivity (Wildman–Crippen MR) is 63.8 cm³/mol. The number of ether oxygens (including phenoxy) is 1. The van der Waals surface area contributed by atoms with Crippen LogP contribution in [-0.4, -0.2) is 35.9 Å². The van der Waals surface area contributed by atoms with E-state index in [1.54, 1.807) is 13.3 Å². The lowest BCUT2D eigenvalue weighted by Crippen LogP contribution is -2.29. The van der Waals surface area contributed by atoms with E-state index in [4.69, 9.17) is 10.5 Å². The van der Waals surface area contributed by atoms with Crippen molar-refractivity contribution in [1.82, 2.24) is 15.1 Å². The molecule has 0 aromatic carbocycles. The lowest BCUT2D eigenvalue weighted by Gasteiger charge is -2.04. The molecule has 0 bridgehead atoms. The fourth-order valence-corrected chi connectivity index (χ4v) is 1.46. The van der Waals surface area contributed by atoms with Crippen LogP contribution in [0.4, 0.5) is 5.82 Å². The van der Waals surface area contributed by atoms with Gasteiger partial charge in [0.2, 0.25) is 5.91 Å². The zero-order valence-corrected chi connectivity index (χ0v) is 10.7. The van der Waals surface area contributed by atoms with Gasteiger partial charge in [-0.25, -0.2) is 0 Å². The van der Waals surface area contributed by atoms with Crippen LogP contribution in [0, 0.1) is 0 Å². The van der Waals surface area contributed by atoms with Crippen LogP contribution in [-0.2, 0) is 16.1 Å². The minimum atomic E-state index is -0.0916. The highest BCUT2D eigenvalue weighted by Gasteiger charge is 2.06. The first-order valence-corrected chi connectivity index (χ1v) is 5.67. The number of aromatic nitrogens is 2. The maximum absolute atomic E-state index is 11.4. The van der Waals surface area contributed by atoms with Crippen LogP contribution in [0.3, 0.4) is 0 Å². The zero-order valence-electron chi connectivity index (χ0n) is 9.07. The summed E-state index contributed by atoms with van der Waals surface area (Å²) in [5.41, 5.74) is 5.53. The van der Waals surface area contributed by atoms with Gasteiger partial charge in [0.15, 0.2) is 5.82 Å². The summed E-state index contributed by atoms with van der Waals surface area (Å²) in [4.78, 5) is 11.4. The van der Waals surface area contributed by atoms with E-state index in [0.29, 0.717) is 23.4 Å². The number of carbonyl (C=O) groups excluding carboxylic acids is 1. The molecule has 7 heteroatoms. The molecule has 0 radical (unpaired) electrons. The lowest BCUT2D eigenvalue weighted by molar-refractivity contribution is -0.121. The van der Waals surface area contributed by atoms with E-state index < -0.39 is 0 Å². The normalized spacial score (nSPS) is 10.4. The molecule has 1 rings (SSSR count). The number of rotatable bonds is 6. The van der Waals surface area contributed by atoms with Gasteiger partial charge in [-0.05, 0) is 22.4 Å². The number of carbonyl (C=O) groups is 1. The van der Waals surface area contributed by atoms with Crippen LogP contribution in [0.25, 0.3) is 0 Å². The van der Waals surface area contributed by atoms with E-state index in [2.05, 4.69) is 26.3 Å². The highest BCUT2D eigenvalue weighted by atomic mass is 79.9. The van der Waals surface area contributed by atoms with Crippen molar-refractivity contribution in [3.8, 4) is 0 Å². The summed E-state index contributed by atoms with van der Waals surface area (Å²) in [6.45, 7) is 1.41. The number of methoxy groups -OCH3 is 1. The van der Waals surface area contributed by atoms with Crippen molar-refractivity contribution >= 4 is 27.7 Å². The second kappa shape index (κ2) is 6.49. The Morgan fingerprint density at radius 2 is 2.50 bits per heavy atom. The Labute approximate surface area is 102 Å². The second-order valence-electron chi connectivity index (χ2n) is 3.26. The molecule has 6 nitrogen and oxygen atoms in total. The fraction of sp³-hybridized carbons (Fsp3) is 0.556. The number of nitrogens with one attached hydrogen (secondary N) is 1. The highest BCUT2D eigenvalue weighted by Crippen LogP contribution is 2.15. The van der Waals surface area contributed by atoms with E-state index in [1.807, 2.05) is 0 Å². The summed E-state index contributed by atoms with van der Waals surface area (Å²) in [7, 11) is 1.63. The van der Waals surface area contributed by atoms with Gasteiger partial charge >= 0.3 is 0 Å². The van der Waals surface area contributed by atoms with Gasteiger partial charge in [0.25, 0.3) is 0 Å². The summed E-state index contributed by atoms with van der Waals surface area (Å²) in [6.07, 6.45) is 2.47. The average molecular weight is 291 g/mol. The molecule has 0 atom stereocenters. The molecule has 3 N–H and O–H groups in total. The molecule has 0 fully saturated rings. The SMILES string of the molecule is COCCCNC(=O)Cn1cc(Br)c(N)n1. The van der Waals surface area contributed by atoms with Crippen molar-refractivity contribution in [2.75, 3.05) is 26.0 Å². The maximum atomic E-state index is 11.4. The van der Waals surface area contributed by atoms with E-state index in [-0.39, 0.29) is 12.5 Å². The molecule has 90 valence electrons. The molecule has 0 aliphatic rings. The monoisotopic (exact) mass is 290 g/mol.